The third-order valence-corrected chi connectivity index (χ3v) is 4.89. The molecule has 0 bridgehead atoms. The molecular weight excluding hydrogens is 376 g/mol. The van der Waals surface area contributed by atoms with Gasteiger partial charge < -0.3 is 9.47 Å². The summed E-state index contributed by atoms with van der Waals surface area (Å²) in [5, 5.41) is 0. The highest BCUT2D eigenvalue weighted by molar-refractivity contribution is 6.33. The number of rotatable bonds is 5. The predicted molar refractivity (Wildman–Crippen MR) is 119 cm³/mol. The Labute approximate surface area is 175 Å². The van der Waals surface area contributed by atoms with E-state index in [1.807, 2.05) is 73.7 Å². The van der Waals surface area contributed by atoms with Crippen LogP contribution in [0.1, 0.15) is 16.7 Å². The lowest BCUT2D eigenvalue weighted by Gasteiger charge is -2.19. The average Bonchev–Trinajstić information content (AvgIpc) is 3.10. The monoisotopic (exact) mass is 398 g/mol. The summed E-state index contributed by atoms with van der Waals surface area (Å²) < 4.78 is 10.7. The second kappa shape index (κ2) is 8.25. The van der Waals surface area contributed by atoms with Crippen molar-refractivity contribution in [3.63, 3.8) is 0 Å². The van der Waals surface area contributed by atoms with E-state index >= 15 is 0 Å². The van der Waals surface area contributed by atoms with Gasteiger partial charge in [0.05, 0.1) is 19.9 Å². The minimum Gasteiger partial charge on any atom is -0.497 e. The number of ether oxygens (including phenoxy) is 2. The Morgan fingerprint density at radius 1 is 0.900 bits per heavy atom. The molecule has 1 amide bonds. The lowest BCUT2D eigenvalue weighted by molar-refractivity contribution is -0.113. The molecular formula is C25H22N2O3. The first kappa shape index (κ1) is 19.5. The van der Waals surface area contributed by atoms with Crippen LogP contribution in [0, 0.1) is 6.92 Å². The first-order chi connectivity index (χ1) is 14.6. The van der Waals surface area contributed by atoms with Crippen LogP contribution in [0.5, 0.6) is 11.5 Å². The zero-order valence-electron chi connectivity index (χ0n) is 17.1. The summed E-state index contributed by atoms with van der Waals surface area (Å²) in [6.07, 6.45) is 1.75. The molecule has 30 heavy (non-hydrogen) atoms. The molecule has 0 radical (unpaired) electrons. The van der Waals surface area contributed by atoms with Gasteiger partial charge in [0.1, 0.15) is 23.0 Å². The topological polar surface area (TPSA) is 51.1 Å². The van der Waals surface area contributed by atoms with Gasteiger partial charge in [0.15, 0.2) is 0 Å². The van der Waals surface area contributed by atoms with E-state index in [9.17, 15) is 4.79 Å². The summed E-state index contributed by atoms with van der Waals surface area (Å²) >= 11 is 0. The van der Waals surface area contributed by atoms with E-state index in [1.54, 1.807) is 31.3 Å². The van der Waals surface area contributed by atoms with Gasteiger partial charge in [-0.1, -0.05) is 42.5 Å². The Morgan fingerprint density at radius 3 is 2.40 bits per heavy atom. The van der Waals surface area contributed by atoms with Crippen LogP contribution in [-0.4, -0.2) is 26.0 Å². The molecule has 0 atom stereocenters. The van der Waals surface area contributed by atoms with E-state index in [4.69, 9.17) is 14.5 Å². The molecule has 0 N–H and O–H groups in total. The molecule has 3 aromatic rings. The number of nitrogens with zero attached hydrogens (tertiary/aromatic N) is 2. The van der Waals surface area contributed by atoms with Crippen LogP contribution < -0.4 is 14.4 Å². The van der Waals surface area contributed by atoms with Crippen molar-refractivity contribution in [2.45, 2.75) is 6.92 Å². The van der Waals surface area contributed by atoms with Crippen molar-refractivity contribution in [1.82, 2.24) is 0 Å². The highest BCUT2D eigenvalue weighted by Crippen LogP contribution is 2.31. The van der Waals surface area contributed by atoms with Gasteiger partial charge in [0.25, 0.3) is 5.91 Å². The molecule has 0 aromatic heterocycles. The van der Waals surface area contributed by atoms with E-state index in [2.05, 4.69) is 0 Å². The third kappa shape index (κ3) is 3.70. The van der Waals surface area contributed by atoms with Crippen molar-refractivity contribution in [1.29, 1.82) is 0 Å². The first-order valence-electron chi connectivity index (χ1n) is 9.59. The first-order valence-corrected chi connectivity index (χ1v) is 9.59. The number of hydrogen-bond acceptors (Lipinski definition) is 4. The van der Waals surface area contributed by atoms with Crippen LogP contribution in [0.25, 0.3) is 6.08 Å². The van der Waals surface area contributed by atoms with Gasteiger partial charge in [-0.3, -0.25) is 9.69 Å². The zero-order valence-corrected chi connectivity index (χ0v) is 17.1. The molecule has 5 heteroatoms. The molecule has 1 aliphatic heterocycles. The molecule has 0 saturated carbocycles. The van der Waals surface area contributed by atoms with Crippen molar-refractivity contribution in [3.8, 4) is 11.5 Å². The molecule has 0 saturated heterocycles. The number of aryl methyl sites for hydroxylation is 1. The molecule has 4 rings (SSSR count). The summed E-state index contributed by atoms with van der Waals surface area (Å²) in [5.41, 5.74) is 3.83. The van der Waals surface area contributed by atoms with Crippen LogP contribution in [0.2, 0.25) is 0 Å². The fourth-order valence-corrected chi connectivity index (χ4v) is 3.39. The molecule has 1 heterocycles. The maximum Gasteiger partial charge on any atom is 0.282 e. The molecule has 0 aliphatic carbocycles. The van der Waals surface area contributed by atoms with Gasteiger partial charge in [-0.25, -0.2) is 4.99 Å². The van der Waals surface area contributed by atoms with Crippen LogP contribution in [0.3, 0.4) is 0 Å². The fourth-order valence-electron chi connectivity index (χ4n) is 3.39. The molecule has 5 nitrogen and oxygen atoms in total. The Morgan fingerprint density at radius 2 is 1.70 bits per heavy atom. The van der Waals surface area contributed by atoms with Crippen molar-refractivity contribution in [3.05, 3.63) is 95.2 Å². The standard InChI is InChI=1S/C25H22N2O3/c1-17-8-7-11-20(14-17)27-24(18-9-5-4-6-10-18)26-22(25(27)28)15-19-12-13-21(29-2)16-23(19)30-3/h4-16H,1-3H3/b22-15+. The minimum absolute atomic E-state index is 0.183. The summed E-state index contributed by atoms with van der Waals surface area (Å²) in [4.78, 5) is 19.8. The van der Waals surface area contributed by atoms with Gasteiger partial charge in [-0.15, -0.1) is 0 Å². The SMILES string of the molecule is COc1ccc(/C=C2/N=C(c3ccccc3)N(c3cccc(C)c3)C2=O)c(OC)c1. The van der Waals surface area contributed by atoms with Gasteiger partial charge in [0, 0.05) is 17.2 Å². The Hall–Kier alpha value is -3.86. The van der Waals surface area contributed by atoms with Crippen LogP contribution in [0.4, 0.5) is 5.69 Å². The van der Waals surface area contributed by atoms with Crippen molar-refractivity contribution >= 4 is 23.5 Å². The molecule has 0 fully saturated rings. The van der Waals surface area contributed by atoms with Crippen LogP contribution >= 0.6 is 0 Å². The lowest BCUT2D eigenvalue weighted by atomic mass is 10.1. The zero-order chi connectivity index (χ0) is 21.1. The van der Waals surface area contributed by atoms with Gasteiger partial charge in [-0.2, -0.15) is 0 Å². The second-order valence-corrected chi connectivity index (χ2v) is 6.92. The number of methoxy groups -OCH3 is 2. The van der Waals surface area contributed by atoms with Crippen molar-refractivity contribution < 1.29 is 14.3 Å². The Kier molecular flexibility index (Phi) is 5.35. The summed E-state index contributed by atoms with van der Waals surface area (Å²) in [6, 6.07) is 23.0. The van der Waals surface area contributed by atoms with Gasteiger partial charge in [-0.05, 0) is 42.8 Å². The Bertz CT molecular complexity index is 1150. The number of carbonyl (C=O) groups is 1. The molecule has 150 valence electrons. The second-order valence-electron chi connectivity index (χ2n) is 6.92. The molecule has 0 unspecified atom stereocenters. The predicted octanol–water partition coefficient (Wildman–Crippen LogP) is 4.85. The maximum absolute atomic E-state index is 13.4. The van der Waals surface area contributed by atoms with E-state index < -0.39 is 0 Å². The largest absolute Gasteiger partial charge is 0.497 e. The molecule has 1 aliphatic rings. The normalized spacial score (nSPS) is 14.8. The minimum atomic E-state index is -0.183. The van der Waals surface area contributed by atoms with Gasteiger partial charge in [0.2, 0.25) is 0 Å². The van der Waals surface area contributed by atoms with E-state index in [0.717, 1.165) is 22.4 Å². The highest BCUT2D eigenvalue weighted by Gasteiger charge is 2.32. The Balaban J connectivity index is 1.83. The number of benzene rings is 3. The van der Waals surface area contributed by atoms with E-state index in [0.29, 0.717) is 23.0 Å². The number of anilines is 1. The molecule has 0 spiro atoms. The third-order valence-electron chi connectivity index (χ3n) is 4.89. The lowest BCUT2D eigenvalue weighted by Crippen LogP contribution is -2.32. The average molecular weight is 398 g/mol. The van der Waals surface area contributed by atoms with Crippen LogP contribution in [0.15, 0.2) is 83.5 Å². The van der Waals surface area contributed by atoms with Crippen molar-refractivity contribution in [2.75, 3.05) is 19.1 Å². The van der Waals surface area contributed by atoms with Crippen molar-refractivity contribution in [2.24, 2.45) is 4.99 Å². The highest BCUT2D eigenvalue weighted by atomic mass is 16.5. The number of carbonyl (C=O) groups excluding carboxylic acids is 1. The quantitative estimate of drug-likeness (QED) is 0.578. The smallest absolute Gasteiger partial charge is 0.282 e. The number of amidine groups is 1. The van der Waals surface area contributed by atoms with Gasteiger partial charge >= 0.3 is 0 Å². The fraction of sp³-hybridized carbons (Fsp3) is 0.120. The summed E-state index contributed by atoms with van der Waals surface area (Å²) in [6.45, 7) is 2.00. The van der Waals surface area contributed by atoms with E-state index in [1.165, 1.54) is 0 Å². The summed E-state index contributed by atoms with van der Waals surface area (Å²) in [7, 11) is 3.19. The van der Waals surface area contributed by atoms with E-state index in [-0.39, 0.29) is 5.91 Å². The number of aliphatic imine (C=N–C) groups is 1. The number of hydrogen-bond donors (Lipinski definition) is 0. The maximum atomic E-state index is 13.4. The summed E-state index contributed by atoms with van der Waals surface area (Å²) in [5.74, 6) is 1.71. The molecule has 3 aromatic carbocycles. The van der Waals surface area contributed by atoms with Crippen LogP contribution in [-0.2, 0) is 4.79 Å². The number of amides is 1.